The molecule has 0 unspecified atom stereocenters. The third-order valence-electron chi connectivity index (χ3n) is 4.05. The van der Waals surface area contributed by atoms with Crippen molar-refractivity contribution in [2.75, 3.05) is 6.61 Å². The van der Waals surface area contributed by atoms with Crippen LogP contribution in [0.3, 0.4) is 0 Å². The van der Waals surface area contributed by atoms with Crippen LogP contribution >= 0.6 is 0 Å². The van der Waals surface area contributed by atoms with E-state index in [0.29, 0.717) is 0 Å². The third-order valence-corrected chi connectivity index (χ3v) is 5.37. The van der Waals surface area contributed by atoms with Gasteiger partial charge in [-0.25, -0.2) is 0 Å². The van der Waals surface area contributed by atoms with E-state index in [0.717, 1.165) is 43.2 Å². The molecule has 1 aromatic carbocycles. The highest BCUT2D eigenvalue weighted by atomic mass is 32.2. The number of hydrogen-bond acceptors (Lipinski definition) is 3. The first-order valence-corrected chi connectivity index (χ1v) is 10.9. The van der Waals surface area contributed by atoms with E-state index < -0.39 is 10.1 Å². The van der Waals surface area contributed by atoms with E-state index in [9.17, 15) is 8.42 Å². The standard InChI is InChI=1S/C22H32O3S/c1-20(2)14-12-10-8-6-4-5-7-9-11-13-19-25-26(23,24)22-17-15-21(3)16-18-22/h15-18H,1,4-11,13,19H2,2-3H3. The number of aryl methyl sites for hydroxylation is 1. The normalized spacial score (nSPS) is 11.0. The summed E-state index contributed by atoms with van der Waals surface area (Å²) < 4.78 is 29.2. The number of allylic oxidation sites excluding steroid dienone is 1. The molecule has 0 heterocycles. The predicted octanol–water partition coefficient (Wildman–Crippen LogP) is 5.79. The zero-order chi connectivity index (χ0) is 19.3. The first-order valence-electron chi connectivity index (χ1n) is 9.52. The molecule has 1 aromatic rings. The largest absolute Gasteiger partial charge is 0.296 e. The van der Waals surface area contributed by atoms with Crippen LogP contribution in [0.4, 0.5) is 0 Å². The third kappa shape index (κ3) is 10.4. The van der Waals surface area contributed by atoms with Crippen molar-refractivity contribution in [1.82, 2.24) is 0 Å². The molecule has 0 fully saturated rings. The minimum Gasteiger partial charge on any atom is -0.266 e. The molecule has 26 heavy (non-hydrogen) atoms. The lowest BCUT2D eigenvalue weighted by molar-refractivity contribution is 0.306. The molecular weight excluding hydrogens is 344 g/mol. The van der Waals surface area contributed by atoms with Crippen LogP contribution in [0.15, 0.2) is 41.3 Å². The molecule has 0 saturated heterocycles. The van der Waals surface area contributed by atoms with Crippen LogP contribution in [0.5, 0.6) is 0 Å². The highest BCUT2D eigenvalue weighted by Gasteiger charge is 2.14. The van der Waals surface area contributed by atoms with E-state index in [1.807, 2.05) is 13.8 Å². The van der Waals surface area contributed by atoms with Crippen LogP contribution < -0.4 is 0 Å². The van der Waals surface area contributed by atoms with Gasteiger partial charge in [-0.2, -0.15) is 8.42 Å². The lowest BCUT2D eigenvalue weighted by atomic mass is 10.1. The van der Waals surface area contributed by atoms with Gasteiger partial charge in [0, 0.05) is 6.42 Å². The Hall–Kier alpha value is -1.57. The average Bonchev–Trinajstić information content (AvgIpc) is 2.59. The lowest BCUT2D eigenvalue weighted by Crippen LogP contribution is -2.07. The number of benzene rings is 1. The average molecular weight is 377 g/mol. The van der Waals surface area contributed by atoms with Crippen molar-refractivity contribution in [3.05, 3.63) is 42.0 Å². The van der Waals surface area contributed by atoms with Gasteiger partial charge in [-0.15, -0.1) is 0 Å². The fourth-order valence-corrected chi connectivity index (χ4v) is 3.47. The number of hydrogen-bond donors (Lipinski definition) is 0. The van der Waals surface area contributed by atoms with Crippen LogP contribution in [-0.4, -0.2) is 15.0 Å². The van der Waals surface area contributed by atoms with Gasteiger partial charge in [0.05, 0.1) is 11.5 Å². The molecule has 0 aliphatic heterocycles. The van der Waals surface area contributed by atoms with Crippen LogP contribution in [0.25, 0.3) is 0 Å². The van der Waals surface area contributed by atoms with Crippen molar-refractivity contribution in [2.45, 2.75) is 76.5 Å². The molecule has 0 saturated carbocycles. The van der Waals surface area contributed by atoms with E-state index in [2.05, 4.69) is 18.4 Å². The summed E-state index contributed by atoms with van der Waals surface area (Å²) in [5.74, 6) is 6.12. The first-order chi connectivity index (χ1) is 12.4. The SMILES string of the molecule is C=C(C)C#CCCCCCCCCCCOS(=O)(=O)c1ccc(C)cc1. The summed E-state index contributed by atoms with van der Waals surface area (Å²) in [6.07, 6.45) is 9.93. The van der Waals surface area contributed by atoms with E-state index >= 15 is 0 Å². The molecular formula is C22H32O3S. The smallest absolute Gasteiger partial charge is 0.266 e. The summed E-state index contributed by atoms with van der Waals surface area (Å²) in [5, 5.41) is 0. The Labute approximate surface area is 160 Å². The Balaban J connectivity index is 2.00. The van der Waals surface area contributed by atoms with Gasteiger partial charge in [-0.3, -0.25) is 4.18 Å². The molecule has 0 spiro atoms. The molecule has 0 N–H and O–H groups in total. The van der Waals surface area contributed by atoms with Crippen molar-refractivity contribution in [3.63, 3.8) is 0 Å². The maximum atomic E-state index is 12.0. The number of rotatable bonds is 12. The van der Waals surface area contributed by atoms with E-state index in [4.69, 9.17) is 4.18 Å². The molecule has 0 radical (unpaired) electrons. The Kier molecular flexibility index (Phi) is 11.0. The van der Waals surface area contributed by atoms with Crippen molar-refractivity contribution < 1.29 is 12.6 Å². The quantitative estimate of drug-likeness (QED) is 0.263. The maximum absolute atomic E-state index is 12.0. The van der Waals surface area contributed by atoms with Gasteiger partial charge in [-0.05, 0) is 44.4 Å². The Morgan fingerprint density at radius 1 is 0.962 bits per heavy atom. The van der Waals surface area contributed by atoms with Gasteiger partial charge in [0.25, 0.3) is 10.1 Å². The summed E-state index contributed by atoms with van der Waals surface area (Å²) >= 11 is 0. The number of unbranched alkanes of at least 4 members (excludes halogenated alkanes) is 8. The van der Waals surface area contributed by atoms with Crippen molar-refractivity contribution in [1.29, 1.82) is 0 Å². The molecule has 0 bridgehead atoms. The summed E-state index contributed by atoms with van der Waals surface area (Å²) in [5.41, 5.74) is 1.96. The van der Waals surface area contributed by atoms with Crippen LogP contribution in [0.1, 0.15) is 70.3 Å². The van der Waals surface area contributed by atoms with Gasteiger partial charge in [0.15, 0.2) is 0 Å². The van der Waals surface area contributed by atoms with E-state index in [1.165, 1.54) is 25.7 Å². The summed E-state index contributed by atoms with van der Waals surface area (Å²) in [6, 6.07) is 6.75. The summed E-state index contributed by atoms with van der Waals surface area (Å²) in [4.78, 5) is 0.232. The molecule has 0 aliphatic rings. The second-order valence-electron chi connectivity index (χ2n) is 6.75. The molecule has 3 nitrogen and oxygen atoms in total. The molecule has 0 amide bonds. The first kappa shape index (κ1) is 22.5. The molecule has 0 aromatic heterocycles. The predicted molar refractivity (Wildman–Crippen MR) is 108 cm³/mol. The lowest BCUT2D eigenvalue weighted by Gasteiger charge is -2.06. The Morgan fingerprint density at radius 2 is 1.50 bits per heavy atom. The van der Waals surface area contributed by atoms with E-state index in [-0.39, 0.29) is 11.5 Å². The summed E-state index contributed by atoms with van der Waals surface area (Å²) in [7, 11) is -3.61. The van der Waals surface area contributed by atoms with Gasteiger partial charge >= 0.3 is 0 Å². The molecule has 4 heteroatoms. The Bertz CT molecular complexity index is 691. The van der Waals surface area contributed by atoms with Crippen molar-refractivity contribution >= 4 is 10.1 Å². The Morgan fingerprint density at radius 3 is 2.08 bits per heavy atom. The van der Waals surface area contributed by atoms with Gasteiger partial charge in [0.2, 0.25) is 0 Å². The summed E-state index contributed by atoms with van der Waals surface area (Å²) in [6.45, 7) is 7.87. The zero-order valence-corrected chi connectivity index (χ0v) is 17.0. The molecule has 0 atom stereocenters. The van der Waals surface area contributed by atoms with Crippen molar-refractivity contribution in [2.24, 2.45) is 0 Å². The second-order valence-corrected chi connectivity index (χ2v) is 8.37. The monoisotopic (exact) mass is 376 g/mol. The van der Waals surface area contributed by atoms with Crippen molar-refractivity contribution in [3.8, 4) is 11.8 Å². The van der Waals surface area contributed by atoms with Crippen LogP contribution in [-0.2, 0) is 14.3 Å². The minimum atomic E-state index is -3.61. The zero-order valence-electron chi connectivity index (χ0n) is 16.2. The maximum Gasteiger partial charge on any atom is 0.296 e. The van der Waals surface area contributed by atoms with Crippen LogP contribution in [0, 0.1) is 18.8 Å². The highest BCUT2D eigenvalue weighted by molar-refractivity contribution is 7.86. The molecule has 144 valence electrons. The van der Waals surface area contributed by atoms with Crippen LogP contribution in [0.2, 0.25) is 0 Å². The second kappa shape index (κ2) is 12.7. The van der Waals surface area contributed by atoms with Gasteiger partial charge in [0.1, 0.15) is 0 Å². The van der Waals surface area contributed by atoms with E-state index in [1.54, 1.807) is 24.3 Å². The fraction of sp³-hybridized carbons (Fsp3) is 0.545. The molecule has 0 aliphatic carbocycles. The fourth-order valence-electron chi connectivity index (χ4n) is 2.53. The molecule has 1 rings (SSSR count). The van der Waals surface area contributed by atoms with Gasteiger partial charge in [-0.1, -0.05) is 74.6 Å². The minimum absolute atomic E-state index is 0.232. The topological polar surface area (TPSA) is 43.4 Å². The van der Waals surface area contributed by atoms with Gasteiger partial charge < -0.3 is 0 Å². The highest BCUT2D eigenvalue weighted by Crippen LogP contribution is 2.14.